The van der Waals surface area contributed by atoms with Gasteiger partial charge in [0.2, 0.25) is 5.16 Å². The van der Waals surface area contributed by atoms with Gasteiger partial charge in [-0.25, -0.2) is 0 Å². The molecule has 0 unspecified atom stereocenters. The molecular weight excluding hydrogens is 324 g/mol. The number of halogens is 1. The van der Waals surface area contributed by atoms with Gasteiger partial charge in [-0.1, -0.05) is 43.0 Å². The number of nitrogens with zero attached hydrogens (tertiary/aromatic N) is 4. The van der Waals surface area contributed by atoms with E-state index in [-0.39, 0.29) is 17.0 Å². The Hall–Kier alpha value is -1.14. The molecule has 0 amide bonds. The summed E-state index contributed by atoms with van der Waals surface area (Å²) in [5.41, 5.74) is 3.61. The highest BCUT2D eigenvalue weighted by Crippen LogP contribution is 2.23. The number of fused-ring (bicyclic) bond motifs is 1. The van der Waals surface area contributed by atoms with Crippen molar-refractivity contribution in [2.45, 2.75) is 25.4 Å². The monoisotopic (exact) mass is 338 g/mol. The summed E-state index contributed by atoms with van der Waals surface area (Å²) in [4.78, 5) is 0. The second kappa shape index (κ2) is 5.88. The van der Waals surface area contributed by atoms with Gasteiger partial charge in [0.25, 0.3) is 0 Å². The molecule has 0 saturated carbocycles. The zero-order valence-electron chi connectivity index (χ0n) is 10.8. The second-order valence-corrected chi connectivity index (χ2v) is 5.17. The topological polar surface area (TPSA) is 43.1 Å². The van der Waals surface area contributed by atoms with E-state index in [0.717, 1.165) is 28.9 Å². The van der Waals surface area contributed by atoms with Crippen LogP contribution < -0.4 is 0 Å². The molecule has 0 atom stereocenters. The van der Waals surface area contributed by atoms with Gasteiger partial charge < -0.3 is 0 Å². The minimum absolute atomic E-state index is 0. The summed E-state index contributed by atoms with van der Waals surface area (Å²) in [7, 11) is 0. The number of hydrogen-bond donors (Lipinski definition) is 0. The molecule has 0 spiro atoms. The molecule has 100 valence electrons. The Morgan fingerprint density at radius 3 is 2.63 bits per heavy atom. The van der Waals surface area contributed by atoms with Crippen LogP contribution in [0, 0.1) is 6.92 Å². The summed E-state index contributed by atoms with van der Waals surface area (Å²) in [5, 5.41) is 13.6. The molecule has 19 heavy (non-hydrogen) atoms. The third-order valence-electron chi connectivity index (χ3n) is 3.02. The standard InChI is InChI=1S/C13H14N4S.BrH/c1-3-10-4-6-11(7-5-10)12-8-18-13-15-14-9(2)17(13)16-12;/h4-7H,3,8H2,1-2H3;1H. The number of thioether (sulfide) groups is 1. The fourth-order valence-corrected chi connectivity index (χ4v) is 2.78. The first-order valence-electron chi connectivity index (χ1n) is 6.00. The van der Waals surface area contributed by atoms with Crippen LogP contribution in [-0.4, -0.2) is 26.3 Å². The molecule has 6 heteroatoms. The smallest absolute Gasteiger partial charge is 0.191 e. The summed E-state index contributed by atoms with van der Waals surface area (Å²) in [5.74, 6) is 1.68. The molecule has 1 aromatic carbocycles. The summed E-state index contributed by atoms with van der Waals surface area (Å²) in [6.07, 6.45) is 1.07. The van der Waals surface area contributed by atoms with Crippen molar-refractivity contribution in [1.29, 1.82) is 0 Å². The van der Waals surface area contributed by atoms with Crippen LogP contribution in [0.1, 0.15) is 23.9 Å². The van der Waals surface area contributed by atoms with Crippen molar-refractivity contribution in [2.24, 2.45) is 5.10 Å². The summed E-state index contributed by atoms with van der Waals surface area (Å²) < 4.78 is 1.82. The van der Waals surface area contributed by atoms with E-state index in [2.05, 4.69) is 46.5 Å². The van der Waals surface area contributed by atoms with Gasteiger partial charge in [0, 0.05) is 5.75 Å². The van der Waals surface area contributed by atoms with E-state index < -0.39 is 0 Å². The Kier molecular flexibility index (Phi) is 4.42. The lowest BCUT2D eigenvalue weighted by molar-refractivity contribution is 0.734. The number of rotatable bonds is 2. The SMILES string of the molecule is Br.CCc1ccc(C2=Nn3c(C)nnc3SC2)cc1. The molecule has 0 bridgehead atoms. The average Bonchev–Trinajstić information content (AvgIpc) is 2.80. The zero-order valence-corrected chi connectivity index (χ0v) is 13.4. The van der Waals surface area contributed by atoms with E-state index in [1.165, 1.54) is 11.1 Å². The zero-order chi connectivity index (χ0) is 12.5. The van der Waals surface area contributed by atoms with Gasteiger partial charge in [-0.3, -0.25) is 0 Å². The van der Waals surface area contributed by atoms with E-state index in [9.17, 15) is 0 Å². The maximum absolute atomic E-state index is 4.62. The van der Waals surface area contributed by atoms with Crippen molar-refractivity contribution in [3.05, 3.63) is 41.2 Å². The van der Waals surface area contributed by atoms with Gasteiger partial charge in [-0.15, -0.1) is 27.2 Å². The fraction of sp³-hybridized carbons (Fsp3) is 0.308. The molecule has 4 nitrogen and oxygen atoms in total. The molecule has 0 saturated heterocycles. The number of aromatic nitrogens is 3. The highest BCUT2D eigenvalue weighted by molar-refractivity contribution is 8.93. The third-order valence-corrected chi connectivity index (χ3v) is 3.95. The van der Waals surface area contributed by atoms with Gasteiger partial charge in [0.1, 0.15) is 0 Å². The Bertz CT molecular complexity index is 604. The minimum atomic E-state index is 0. The van der Waals surface area contributed by atoms with E-state index in [4.69, 9.17) is 0 Å². The van der Waals surface area contributed by atoms with Gasteiger partial charge in [0.05, 0.1) is 5.71 Å². The summed E-state index contributed by atoms with van der Waals surface area (Å²) in [6.45, 7) is 4.08. The number of aryl methyl sites for hydroxylation is 2. The molecule has 2 aromatic rings. The molecule has 3 rings (SSSR count). The summed E-state index contributed by atoms with van der Waals surface area (Å²) >= 11 is 1.68. The molecule has 0 aliphatic carbocycles. The van der Waals surface area contributed by atoms with E-state index in [1.807, 2.05) is 11.6 Å². The molecule has 1 aromatic heterocycles. The maximum atomic E-state index is 4.62. The Morgan fingerprint density at radius 1 is 1.21 bits per heavy atom. The van der Waals surface area contributed by atoms with Crippen molar-refractivity contribution < 1.29 is 0 Å². The van der Waals surface area contributed by atoms with Crippen molar-refractivity contribution in [1.82, 2.24) is 14.9 Å². The van der Waals surface area contributed by atoms with Crippen molar-refractivity contribution in [3.63, 3.8) is 0 Å². The van der Waals surface area contributed by atoms with Crippen molar-refractivity contribution >= 4 is 34.5 Å². The molecule has 1 aliphatic rings. The lowest BCUT2D eigenvalue weighted by Crippen LogP contribution is -2.13. The van der Waals surface area contributed by atoms with Crippen LogP contribution in [0.15, 0.2) is 34.5 Å². The fourth-order valence-electron chi connectivity index (χ4n) is 1.90. The van der Waals surface area contributed by atoms with Gasteiger partial charge in [0.15, 0.2) is 5.82 Å². The van der Waals surface area contributed by atoms with Crippen molar-refractivity contribution in [3.8, 4) is 0 Å². The normalized spacial score (nSPS) is 13.5. The third kappa shape index (κ3) is 2.74. The first kappa shape index (κ1) is 14.3. The Balaban J connectivity index is 0.00000133. The number of hydrogen-bond acceptors (Lipinski definition) is 4. The van der Waals surface area contributed by atoms with Crippen LogP contribution in [0.4, 0.5) is 0 Å². The summed E-state index contributed by atoms with van der Waals surface area (Å²) in [6, 6.07) is 8.61. The van der Waals surface area contributed by atoms with Gasteiger partial charge in [-0.05, 0) is 24.5 Å². The maximum Gasteiger partial charge on any atom is 0.212 e. The molecular formula is C13H15BrN4S. The van der Waals surface area contributed by atoms with Crippen molar-refractivity contribution in [2.75, 3.05) is 5.75 Å². The first-order valence-corrected chi connectivity index (χ1v) is 6.98. The van der Waals surface area contributed by atoms with E-state index >= 15 is 0 Å². The predicted octanol–water partition coefficient (Wildman–Crippen LogP) is 3.08. The first-order chi connectivity index (χ1) is 8.78. The van der Waals surface area contributed by atoms with Crippen LogP contribution in [0.5, 0.6) is 0 Å². The molecule has 0 fully saturated rings. The molecule has 0 N–H and O–H groups in total. The molecule has 2 heterocycles. The average molecular weight is 339 g/mol. The Morgan fingerprint density at radius 2 is 1.95 bits per heavy atom. The van der Waals surface area contributed by atoms with Crippen LogP contribution in [0.3, 0.4) is 0 Å². The Labute approximate surface area is 127 Å². The molecule has 1 aliphatic heterocycles. The van der Waals surface area contributed by atoms with Crippen LogP contribution in [0.2, 0.25) is 0 Å². The second-order valence-electron chi connectivity index (χ2n) is 4.23. The van der Waals surface area contributed by atoms with Crippen LogP contribution in [0.25, 0.3) is 0 Å². The largest absolute Gasteiger partial charge is 0.212 e. The van der Waals surface area contributed by atoms with Gasteiger partial charge in [-0.2, -0.15) is 9.78 Å². The predicted molar refractivity (Wildman–Crippen MR) is 83.6 cm³/mol. The lowest BCUT2D eigenvalue weighted by Gasteiger charge is -2.13. The van der Waals surface area contributed by atoms with Gasteiger partial charge >= 0.3 is 0 Å². The molecule has 0 radical (unpaired) electrons. The lowest BCUT2D eigenvalue weighted by atomic mass is 10.1. The van der Waals surface area contributed by atoms with E-state index in [1.54, 1.807) is 11.8 Å². The minimum Gasteiger partial charge on any atom is -0.191 e. The highest BCUT2D eigenvalue weighted by atomic mass is 79.9. The highest BCUT2D eigenvalue weighted by Gasteiger charge is 2.17. The van der Waals surface area contributed by atoms with Crippen LogP contribution in [-0.2, 0) is 6.42 Å². The van der Waals surface area contributed by atoms with E-state index in [0.29, 0.717) is 0 Å². The number of benzene rings is 1. The van der Waals surface area contributed by atoms with Crippen LogP contribution >= 0.6 is 28.7 Å². The quantitative estimate of drug-likeness (QED) is 0.844.